The Kier molecular flexibility index (Phi) is 6.39. The Hall–Kier alpha value is -1.86. The van der Waals surface area contributed by atoms with E-state index in [9.17, 15) is 9.18 Å². The third kappa shape index (κ3) is 4.82. The summed E-state index contributed by atoms with van der Waals surface area (Å²) in [7, 11) is 0. The van der Waals surface area contributed by atoms with Gasteiger partial charge in [-0.05, 0) is 66.2 Å². The van der Waals surface area contributed by atoms with Gasteiger partial charge < -0.3 is 9.64 Å². The zero-order valence-electron chi connectivity index (χ0n) is 13.2. The Labute approximate surface area is 153 Å². The first-order chi connectivity index (χ1) is 11.4. The predicted octanol–water partition coefficient (Wildman–Crippen LogP) is 4.38. The molecule has 0 aliphatic heterocycles. The van der Waals surface area contributed by atoms with E-state index >= 15 is 0 Å². The minimum absolute atomic E-state index is 0.0330. The Morgan fingerprint density at radius 2 is 1.96 bits per heavy atom. The molecule has 0 atom stereocenters. The van der Waals surface area contributed by atoms with E-state index in [2.05, 4.69) is 20.9 Å². The highest BCUT2D eigenvalue weighted by Crippen LogP contribution is 2.19. The molecule has 0 unspecified atom stereocenters. The number of hydrogen-bond donors (Lipinski definition) is 0. The number of thiocarbonyl (C=S) groups is 1. The van der Waals surface area contributed by atoms with E-state index < -0.39 is 5.97 Å². The molecule has 0 spiro atoms. The number of nitrogens with zero attached hydrogens (tertiary/aromatic N) is 2. The van der Waals surface area contributed by atoms with Crippen LogP contribution in [0.1, 0.15) is 24.3 Å². The van der Waals surface area contributed by atoms with Crippen molar-refractivity contribution in [3.8, 4) is 0 Å². The van der Waals surface area contributed by atoms with Crippen LogP contribution in [0.15, 0.2) is 47.1 Å². The first kappa shape index (κ1) is 18.5. The molecule has 0 saturated heterocycles. The first-order valence-electron chi connectivity index (χ1n) is 7.26. The van der Waals surface area contributed by atoms with Crippen LogP contribution in [0.25, 0.3) is 0 Å². The molecule has 2 aromatic rings. The molecule has 0 N–H and O–H groups in total. The highest BCUT2D eigenvalue weighted by molar-refractivity contribution is 9.10. The van der Waals surface area contributed by atoms with Crippen LogP contribution in [-0.2, 0) is 4.74 Å². The smallest absolute Gasteiger partial charge is 0.357 e. The summed E-state index contributed by atoms with van der Waals surface area (Å²) in [5.41, 5.74) is 0.943. The summed E-state index contributed by atoms with van der Waals surface area (Å²) in [4.78, 5) is 18.3. The summed E-state index contributed by atoms with van der Waals surface area (Å²) in [5, 5.41) is 0. The van der Waals surface area contributed by atoms with Gasteiger partial charge in [-0.15, -0.1) is 0 Å². The van der Waals surface area contributed by atoms with Crippen molar-refractivity contribution >= 4 is 44.8 Å². The second-order valence-electron chi connectivity index (χ2n) is 5.26. The van der Waals surface area contributed by atoms with Crippen molar-refractivity contribution in [3.63, 3.8) is 0 Å². The molecule has 0 aliphatic rings. The number of hydrogen-bond acceptors (Lipinski definition) is 4. The predicted molar refractivity (Wildman–Crippen MR) is 98.8 cm³/mol. The molecule has 1 aromatic heterocycles. The van der Waals surface area contributed by atoms with E-state index in [0.29, 0.717) is 9.59 Å². The molecule has 0 bridgehead atoms. The molecule has 0 aliphatic carbocycles. The highest BCUT2D eigenvalue weighted by atomic mass is 79.9. The number of halogens is 2. The number of aromatic nitrogens is 1. The number of ether oxygens (including phenoxy) is 1. The van der Waals surface area contributed by atoms with Gasteiger partial charge in [0.25, 0.3) is 0 Å². The van der Waals surface area contributed by atoms with Gasteiger partial charge in [-0.1, -0.05) is 18.3 Å². The third-order valence-electron chi connectivity index (χ3n) is 3.14. The van der Waals surface area contributed by atoms with Gasteiger partial charge in [0.2, 0.25) is 0 Å². The van der Waals surface area contributed by atoms with Gasteiger partial charge in [-0.25, -0.2) is 14.2 Å². The Bertz CT molecular complexity index is 738. The lowest BCUT2D eigenvalue weighted by Crippen LogP contribution is -2.38. The summed E-state index contributed by atoms with van der Waals surface area (Å²) >= 11 is 8.59. The van der Waals surface area contributed by atoms with Crippen LogP contribution in [0.3, 0.4) is 0 Å². The van der Waals surface area contributed by atoms with Crippen molar-refractivity contribution in [2.75, 3.05) is 11.5 Å². The van der Waals surface area contributed by atoms with E-state index in [-0.39, 0.29) is 24.2 Å². The van der Waals surface area contributed by atoms with Crippen molar-refractivity contribution in [1.29, 1.82) is 0 Å². The molecule has 1 heterocycles. The zero-order valence-corrected chi connectivity index (χ0v) is 15.6. The maximum Gasteiger partial charge on any atom is 0.357 e. The lowest BCUT2D eigenvalue weighted by atomic mass is 10.2. The molecule has 0 saturated carbocycles. The number of rotatable bonds is 5. The molecular weight excluding hydrogens is 395 g/mol. The van der Waals surface area contributed by atoms with Crippen molar-refractivity contribution in [3.05, 3.63) is 58.6 Å². The normalized spacial score (nSPS) is 10.5. The molecule has 0 fully saturated rings. The van der Waals surface area contributed by atoms with Crippen LogP contribution in [0, 0.1) is 5.82 Å². The summed E-state index contributed by atoms with van der Waals surface area (Å²) in [5.74, 6) is -0.873. The molecule has 2 rings (SSSR count). The standard InChI is InChI=1S/C17H16BrFN2O2S/c1-11(2)21(13-8-6-12(19)7-9-13)16(24)10-23-17(22)14-4-3-5-15(18)20-14/h3-9,11H,10H2,1-2H3. The first-order valence-corrected chi connectivity index (χ1v) is 8.46. The second kappa shape index (κ2) is 8.30. The van der Waals surface area contributed by atoms with Gasteiger partial charge in [0.1, 0.15) is 27.7 Å². The van der Waals surface area contributed by atoms with Crippen LogP contribution in [0.5, 0.6) is 0 Å². The van der Waals surface area contributed by atoms with E-state index in [1.165, 1.54) is 12.1 Å². The summed E-state index contributed by atoms with van der Waals surface area (Å²) in [6.45, 7) is 3.85. The van der Waals surface area contributed by atoms with E-state index in [1.54, 1.807) is 30.3 Å². The summed E-state index contributed by atoms with van der Waals surface area (Å²) < 4.78 is 18.9. The van der Waals surface area contributed by atoms with Gasteiger partial charge in [0, 0.05) is 11.7 Å². The van der Waals surface area contributed by atoms with Crippen LogP contribution in [-0.4, -0.2) is 28.6 Å². The molecular formula is C17H16BrFN2O2S. The zero-order chi connectivity index (χ0) is 17.7. The Morgan fingerprint density at radius 3 is 2.54 bits per heavy atom. The molecule has 24 heavy (non-hydrogen) atoms. The van der Waals surface area contributed by atoms with E-state index in [1.807, 2.05) is 18.7 Å². The van der Waals surface area contributed by atoms with Gasteiger partial charge in [0.05, 0.1) is 0 Å². The van der Waals surface area contributed by atoms with Crippen LogP contribution in [0.2, 0.25) is 0 Å². The topological polar surface area (TPSA) is 42.4 Å². The quantitative estimate of drug-likeness (QED) is 0.415. The van der Waals surface area contributed by atoms with Gasteiger partial charge in [0.15, 0.2) is 0 Å². The number of carbonyl (C=O) groups is 1. The number of esters is 1. The van der Waals surface area contributed by atoms with Gasteiger partial charge >= 0.3 is 5.97 Å². The average molecular weight is 411 g/mol. The maximum absolute atomic E-state index is 13.1. The second-order valence-corrected chi connectivity index (χ2v) is 6.54. The number of pyridine rings is 1. The maximum atomic E-state index is 13.1. The van der Waals surface area contributed by atoms with Crippen molar-refractivity contribution in [2.24, 2.45) is 0 Å². The van der Waals surface area contributed by atoms with Gasteiger partial charge in [-0.2, -0.15) is 0 Å². The van der Waals surface area contributed by atoms with Crippen molar-refractivity contribution < 1.29 is 13.9 Å². The number of anilines is 1. The minimum atomic E-state index is -0.554. The van der Waals surface area contributed by atoms with Crippen molar-refractivity contribution in [1.82, 2.24) is 4.98 Å². The van der Waals surface area contributed by atoms with Crippen LogP contribution < -0.4 is 4.90 Å². The monoisotopic (exact) mass is 410 g/mol. The molecule has 4 nitrogen and oxygen atoms in total. The minimum Gasteiger partial charge on any atom is -0.454 e. The number of carbonyl (C=O) groups excluding carboxylic acids is 1. The largest absolute Gasteiger partial charge is 0.454 e. The third-order valence-corrected chi connectivity index (χ3v) is 3.90. The Morgan fingerprint density at radius 1 is 1.29 bits per heavy atom. The molecule has 0 amide bonds. The molecule has 7 heteroatoms. The fourth-order valence-electron chi connectivity index (χ4n) is 2.12. The molecule has 1 aromatic carbocycles. The molecule has 0 radical (unpaired) electrons. The Balaban J connectivity index is 2.06. The van der Waals surface area contributed by atoms with E-state index in [0.717, 1.165) is 5.69 Å². The highest BCUT2D eigenvalue weighted by Gasteiger charge is 2.18. The molecule has 126 valence electrons. The van der Waals surface area contributed by atoms with E-state index in [4.69, 9.17) is 17.0 Å². The fourth-order valence-corrected chi connectivity index (χ4v) is 2.84. The average Bonchev–Trinajstić information content (AvgIpc) is 2.54. The van der Waals surface area contributed by atoms with Crippen molar-refractivity contribution in [2.45, 2.75) is 19.9 Å². The fraction of sp³-hybridized carbons (Fsp3) is 0.235. The van der Waals surface area contributed by atoms with Gasteiger partial charge in [-0.3, -0.25) is 0 Å². The SMILES string of the molecule is CC(C)N(C(=S)COC(=O)c1cccc(Br)n1)c1ccc(F)cc1. The lowest BCUT2D eigenvalue weighted by molar-refractivity contribution is 0.0557. The lowest BCUT2D eigenvalue weighted by Gasteiger charge is -2.29. The summed E-state index contributed by atoms with van der Waals surface area (Å²) in [6, 6.07) is 11.0. The summed E-state index contributed by atoms with van der Waals surface area (Å²) in [6.07, 6.45) is 0. The number of benzene rings is 1. The van der Waals surface area contributed by atoms with Crippen LogP contribution in [0.4, 0.5) is 10.1 Å². The van der Waals surface area contributed by atoms with Crippen LogP contribution >= 0.6 is 28.1 Å².